The molecule has 2 heterocycles. The molecule has 0 saturated carbocycles. The van der Waals surface area contributed by atoms with E-state index in [1.807, 2.05) is 62.4 Å². The molecule has 0 spiro atoms. The summed E-state index contributed by atoms with van der Waals surface area (Å²) in [6.45, 7) is 5.97. The maximum Gasteiger partial charge on any atom is 0.255 e. The molecule has 2 N–H and O–H groups in total. The maximum atomic E-state index is 13.5. The molecule has 1 unspecified atom stereocenters. The van der Waals surface area contributed by atoms with E-state index >= 15 is 0 Å². The van der Waals surface area contributed by atoms with Crippen molar-refractivity contribution in [2.24, 2.45) is 0 Å². The zero-order chi connectivity index (χ0) is 22.0. The molecule has 1 aliphatic heterocycles. The third-order valence-corrected chi connectivity index (χ3v) is 6.49. The summed E-state index contributed by atoms with van der Waals surface area (Å²) in [5, 5.41) is 12.3. The van der Waals surface area contributed by atoms with Crippen molar-refractivity contribution >= 4 is 40.9 Å². The van der Waals surface area contributed by atoms with Crippen LogP contribution in [-0.2, 0) is 4.79 Å². The standard InChI is InChI=1S/C23H24ClN5OS/c1-4-13-31-23-27-22-25-15(3)19(21(30)26-18-12-8-5-9-14(18)2)20(29(22)28-23)16-10-6-7-11-17(16)24/h5-12,20H,4,13H2,1-3H3,(H,26,30)(H,25,27,28). The first-order valence-electron chi connectivity index (χ1n) is 10.2. The van der Waals surface area contributed by atoms with E-state index in [0.29, 0.717) is 21.7 Å². The lowest BCUT2D eigenvalue weighted by Crippen LogP contribution is -2.31. The van der Waals surface area contributed by atoms with Crippen molar-refractivity contribution in [1.82, 2.24) is 14.8 Å². The van der Waals surface area contributed by atoms with E-state index in [1.54, 1.807) is 16.4 Å². The van der Waals surface area contributed by atoms with Gasteiger partial charge in [-0.05, 0) is 38.0 Å². The van der Waals surface area contributed by atoms with Crippen molar-refractivity contribution in [3.8, 4) is 0 Å². The van der Waals surface area contributed by atoms with Gasteiger partial charge in [0.2, 0.25) is 11.1 Å². The van der Waals surface area contributed by atoms with Gasteiger partial charge in [-0.25, -0.2) is 4.68 Å². The number of thioether (sulfide) groups is 1. The largest absolute Gasteiger partial charge is 0.328 e. The van der Waals surface area contributed by atoms with Crippen LogP contribution in [0.15, 0.2) is 65.0 Å². The first-order valence-corrected chi connectivity index (χ1v) is 11.5. The Kier molecular flexibility index (Phi) is 6.34. The number of halogens is 1. The molecular weight excluding hydrogens is 430 g/mol. The van der Waals surface area contributed by atoms with Crippen molar-refractivity contribution < 1.29 is 4.79 Å². The molecule has 8 heteroatoms. The Labute approximate surface area is 191 Å². The molecule has 0 fully saturated rings. The van der Waals surface area contributed by atoms with Crippen LogP contribution in [0, 0.1) is 6.92 Å². The number of nitrogens with one attached hydrogen (secondary N) is 2. The third kappa shape index (κ3) is 4.34. The molecule has 0 saturated heterocycles. The number of hydrogen-bond donors (Lipinski definition) is 2. The highest BCUT2D eigenvalue weighted by atomic mass is 35.5. The number of rotatable bonds is 6. The third-order valence-electron chi connectivity index (χ3n) is 5.11. The second kappa shape index (κ2) is 9.16. The van der Waals surface area contributed by atoms with Gasteiger partial charge in [0.15, 0.2) is 0 Å². The Morgan fingerprint density at radius 3 is 2.68 bits per heavy atom. The number of carbonyl (C=O) groups excluding carboxylic acids is 1. The van der Waals surface area contributed by atoms with Crippen LogP contribution >= 0.6 is 23.4 Å². The van der Waals surface area contributed by atoms with E-state index in [9.17, 15) is 4.79 Å². The molecule has 1 aliphatic rings. The molecule has 0 bridgehead atoms. The number of para-hydroxylation sites is 1. The number of fused-ring (bicyclic) bond motifs is 1. The summed E-state index contributed by atoms with van der Waals surface area (Å²) in [6.07, 6.45) is 1.03. The molecule has 0 radical (unpaired) electrons. The zero-order valence-corrected chi connectivity index (χ0v) is 19.2. The first-order chi connectivity index (χ1) is 15.0. The minimum atomic E-state index is -0.488. The molecule has 1 amide bonds. The Morgan fingerprint density at radius 1 is 1.19 bits per heavy atom. The summed E-state index contributed by atoms with van der Waals surface area (Å²) < 4.78 is 1.76. The molecule has 4 rings (SSSR count). The van der Waals surface area contributed by atoms with E-state index in [1.165, 1.54) is 0 Å². The van der Waals surface area contributed by atoms with Crippen LogP contribution in [0.25, 0.3) is 0 Å². The SMILES string of the molecule is CCCSc1nc2n(n1)C(c1ccccc1Cl)C(C(=O)Nc1ccccc1C)=C(C)N2. The number of amides is 1. The van der Waals surface area contributed by atoms with Crippen LogP contribution < -0.4 is 10.6 Å². The summed E-state index contributed by atoms with van der Waals surface area (Å²) >= 11 is 8.17. The second-order valence-electron chi connectivity index (χ2n) is 7.37. The number of aromatic nitrogens is 3. The fraction of sp³-hybridized carbons (Fsp3) is 0.261. The van der Waals surface area contributed by atoms with Crippen LogP contribution in [0.2, 0.25) is 5.02 Å². The summed E-state index contributed by atoms with van der Waals surface area (Å²) in [7, 11) is 0. The number of carbonyl (C=O) groups is 1. The van der Waals surface area contributed by atoms with E-state index < -0.39 is 6.04 Å². The van der Waals surface area contributed by atoms with Gasteiger partial charge in [-0.1, -0.05) is 66.7 Å². The fourth-order valence-corrected chi connectivity index (χ4v) is 4.49. The highest BCUT2D eigenvalue weighted by molar-refractivity contribution is 7.99. The quantitative estimate of drug-likeness (QED) is 0.470. The van der Waals surface area contributed by atoms with Crippen LogP contribution in [-0.4, -0.2) is 26.4 Å². The first kappa shape index (κ1) is 21.5. The number of anilines is 2. The van der Waals surface area contributed by atoms with Gasteiger partial charge in [0.25, 0.3) is 5.91 Å². The minimum Gasteiger partial charge on any atom is -0.328 e. The van der Waals surface area contributed by atoms with E-state index in [0.717, 1.165) is 34.7 Å². The van der Waals surface area contributed by atoms with Gasteiger partial charge >= 0.3 is 0 Å². The van der Waals surface area contributed by atoms with E-state index in [-0.39, 0.29) is 5.91 Å². The van der Waals surface area contributed by atoms with Gasteiger partial charge in [-0.2, -0.15) is 4.98 Å². The minimum absolute atomic E-state index is 0.201. The predicted octanol–water partition coefficient (Wildman–Crippen LogP) is 5.67. The fourth-order valence-electron chi connectivity index (χ4n) is 3.57. The summed E-state index contributed by atoms with van der Waals surface area (Å²) in [5.74, 6) is 1.33. The zero-order valence-electron chi connectivity index (χ0n) is 17.6. The highest BCUT2D eigenvalue weighted by Crippen LogP contribution is 2.39. The Hall–Kier alpha value is -2.77. The average Bonchev–Trinajstić information content (AvgIpc) is 3.15. The number of aryl methyl sites for hydroxylation is 1. The molecule has 160 valence electrons. The van der Waals surface area contributed by atoms with Crippen molar-refractivity contribution in [1.29, 1.82) is 0 Å². The summed E-state index contributed by atoms with van der Waals surface area (Å²) in [5.41, 5.74) is 3.85. The molecule has 3 aromatic rings. The molecule has 0 aliphatic carbocycles. The lowest BCUT2D eigenvalue weighted by atomic mass is 9.95. The van der Waals surface area contributed by atoms with Crippen molar-refractivity contribution in [2.45, 2.75) is 38.4 Å². The average molecular weight is 454 g/mol. The Bertz CT molecular complexity index is 1160. The molecule has 2 aromatic carbocycles. The predicted molar refractivity (Wildman–Crippen MR) is 127 cm³/mol. The normalized spacial score (nSPS) is 15.4. The number of benzene rings is 2. The van der Waals surface area contributed by atoms with E-state index in [4.69, 9.17) is 16.7 Å². The van der Waals surface area contributed by atoms with Gasteiger partial charge in [0.1, 0.15) is 6.04 Å². The number of allylic oxidation sites excluding steroid dienone is 1. The molecule has 6 nitrogen and oxygen atoms in total. The topological polar surface area (TPSA) is 71.8 Å². The number of nitrogens with zero attached hydrogens (tertiary/aromatic N) is 3. The van der Waals surface area contributed by atoms with Gasteiger partial charge in [-0.3, -0.25) is 4.79 Å². The van der Waals surface area contributed by atoms with E-state index in [2.05, 4.69) is 22.5 Å². The highest BCUT2D eigenvalue weighted by Gasteiger charge is 2.35. The smallest absolute Gasteiger partial charge is 0.255 e. The van der Waals surface area contributed by atoms with Crippen LogP contribution in [0.5, 0.6) is 0 Å². The molecular formula is C23H24ClN5OS. The van der Waals surface area contributed by atoms with Gasteiger partial charge in [0, 0.05) is 27.7 Å². The second-order valence-corrected chi connectivity index (χ2v) is 8.84. The summed E-state index contributed by atoms with van der Waals surface area (Å²) in [6, 6.07) is 14.8. The lowest BCUT2D eigenvalue weighted by molar-refractivity contribution is -0.113. The van der Waals surface area contributed by atoms with Crippen LogP contribution in [0.3, 0.4) is 0 Å². The van der Waals surface area contributed by atoms with Gasteiger partial charge < -0.3 is 10.6 Å². The molecule has 31 heavy (non-hydrogen) atoms. The van der Waals surface area contributed by atoms with Crippen molar-refractivity contribution in [3.63, 3.8) is 0 Å². The van der Waals surface area contributed by atoms with Gasteiger partial charge in [0.05, 0.1) is 5.57 Å². The molecule has 1 aromatic heterocycles. The summed E-state index contributed by atoms with van der Waals surface area (Å²) in [4.78, 5) is 18.1. The van der Waals surface area contributed by atoms with Crippen molar-refractivity contribution in [2.75, 3.05) is 16.4 Å². The van der Waals surface area contributed by atoms with Crippen LogP contribution in [0.1, 0.15) is 37.4 Å². The Morgan fingerprint density at radius 2 is 1.94 bits per heavy atom. The monoisotopic (exact) mass is 453 g/mol. The lowest BCUT2D eigenvalue weighted by Gasteiger charge is -2.29. The molecule has 1 atom stereocenters. The number of hydrogen-bond acceptors (Lipinski definition) is 5. The van der Waals surface area contributed by atoms with Gasteiger partial charge in [-0.15, -0.1) is 5.10 Å². The van der Waals surface area contributed by atoms with Crippen molar-refractivity contribution in [3.05, 3.63) is 76.0 Å². The van der Waals surface area contributed by atoms with Crippen LogP contribution in [0.4, 0.5) is 11.6 Å². The Balaban J connectivity index is 1.79. The maximum absolute atomic E-state index is 13.5.